The van der Waals surface area contributed by atoms with Crippen molar-refractivity contribution >= 4 is 34.2 Å². The minimum atomic E-state index is -0.306. The molecule has 0 bridgehead atoms. The zero-order valence-corrected chi connectivity index (χ0v) is 26.7. The van der Waals surface area contributed by atoms with Crippen molar-refractivity contribution in [3.63, 3.8) is 0 Å². The summed E-state index contributed by atoms with van der Waals surface area (Å²) in [6, 6.07) is 21.6. The van der Waals surface area contributed by atoms with Gasteiger partial charge in [-0.1, -0.05) is 67.4 Å². The van der Waals surface area contributed by atoms with Crippen LogP contribution in [0, 0.1) is 0 Å². The number of carbonyl (C=O) groups excluding carboxylic acids is 2. The van der Waals surface area contributed by atoms with Crippen molar-refractivity contribution in [1.82, 2.24) is 20.4 Å². The van der Waals surface area contributed by atoms with Gasteiger partial charge < -0.3 is 15.5 Å². The van der Waals surface area contributed by atoms with E-state index in [1.165, 1.54) is 24.8 Å². The summed E-state index contributed by atoms with van der Waals surface area (Å²) in [5.41, 5.74) is 1.80. The van der Waals surface area contributed by atoms with Gasteiger partial charge in [0.2, 0.25) is 5.91 Å². The summed E-state index contributed by atoms with van der Waals surface area (Å²) >= 11 is 6.14. The van der Waals surface area contributed by atoms with Gasteiger partial charge in [-0.2, -0.15) is 0 Å². The fourth-order valence-corrected chi connectivity index (χ4v) is 7.02. The Bertz CT molecular complexity index is 1390. The van der Waals surface area contributed by atoms with Crippen LogP contribution in [-0.2, 0) is 4.79 Å². The molecule has 0 radical (unpaired) electrons. The summed E-state index contributed by atoms with van der Waals surface area (Å²) in [6.07, 6.45) is 6.21. The monoisotopic (exact) mass is 602 g/mol. The summed E-state index contributed by atoms with van der Waals surface area (Å²) in [7, 11) is 0. The first-order chi connectivity index (χ1) is 20.7. The first kappa shape index (κ1) is 31.5. The van der Waals surface area contributed by atoms with E-state index in [0.29, 0.717) is 36.1 Å². The molecule has 3 aromatic rings. The number of likely N-dealkylation sites (tertiary alicyclic amines) is 1. The standard InChI is InChI=1S/C36H47ClN4O2/c1-4-26(27-11-7-5-8-12-27)25-40-20-17-32(39-33(35(40)43)23-36(2,3)41-18-9-6-10-19-41)24-38-34(42)30-14-13-29-22-31(37)16-15-28(29)21-30/h5,7-8,11-16,21-22,26,32-33,39H,4,6,9-10,17-20,23-25H2,1-3H3,(H,38,42)/t26?,32-,33-/m0/s1. The molecular formula is C36H47ClN4O2. The normalized spacial score (nSPS) is 21.0. The second-order valence-corrected chi connectivity index (χ2v) is 13.4. The van der Waals surface area contributed by atoms with Gasteiger partial charge >= 0.3 is 0 Å². The van der Waals surface area contributed by atoms with E-state index in [9.17, 15) is 9.59 Å². The van der Waals surface area contributed by atoms with E-state index in [0.717, 1.165) is 43.1 Å². The highest BCUT2D eigenvalue weighted by molar-refractivity contribution is 6.31. The van der Waals surface area contributed by atoms with Gasteiger partial charge in [0.15, 0.2) is 0 Å². The first-order valence-electron chi connectivity index (χ1n) is 16.1. The molecule has 43 heavy (non-hydrogen) atoms. The van der Waals surface area contributed by atoms with Crippen molar-refractivity contribution in [2.45, 2.75) is 82.8 Å². The number of hydrogen-bond donors (Lipinski definition) is 2. The lowest BCUT2D eigenvalue weighted by Gasteiger charge is -2.43. The Hall–Kier alpha value is -2.93. The van der Waals surface area contributed by atoms with Crippen LogP contribution < -0.4 is 10.6 Å². The van der Waals surface area contributed by atoms with Crippen molar-refractivity contribution in [3.8, 4) is 0 Å². The predicted molar refractivity (Wildman–Crippen MR) is 177 cm³/mol. The highest BCUT2D eigenvalue weighted by Gasteiger charge is 2.38. The van der Waals surface area contributed by atoms with Crippen LogP contribution in [-0.4, -0.2) is 72.0 Å². The van der Waals surface area contributed by atoms with Gasteiger partial charge in [-0.05, 0) is 99.6 Å². The maximum Gasteiger partial charge on any atom is 0.251 e. The van der Waals surface area contributed by atoms with Gasteiger partial charge in [-0.25, -0.2) is 0 Å². The zero-order valence-electron chi connectivity index (χ0n) is 25.9. The molecular weight excluding hydrogens is 556 g/mol. The average molecular weight is 603 g/mol. The summed E-state index contributed by atoms with van der Waals surface area (Å²) in [5.74, 6) is 0.368. The Morgan fingerprint density at radius 2 is 1.72 bits per heavy atom. The van der Waals surface area contributed by atoms with Crippen LogP contribution in [0.25, 0.3) is 10.8 Å². The van der Waals surface area contributed by atoms with E-state index in [1.807, 2.05) is 42.5 Å². The molecule has 2 amide bonds. The second kappa shape index (κ2) is 14.2. The Balaban J connectivity index is 1.31. The van der Waals surface area contributed by atoms with E-state index in [4.69, 9.17) is 11.6 Å². The third-order valence-corrected chi connectivity index (χ3v) is 9.72. The number of hydrogen-bond acceptors (Lipinski definition) is 4. The number of nitrogens with zero attached hydrogens (tertiary/aromatic N) is 2. The Kier molecular flexibility index (Phi) is 10.4. The van der Waals surface area contributed by atoms with Crippen molar-refractivity contribution in [1.29, 1.82) is 0 Å². The predicted octanol–water partition coefficient (Wildman–Crippen LogP) is 6.63. The summed E-state index contributed by atoms with van der Waals surface area (Å²) in [6.45, 7) is 10.8. The van der Waals surface area contributed by atoms with Gasteiger partial charge in [0.05, 0.1) is 6.04 Å². The van der Waals surface area contributed by atoms with Crippen LogP contribution in [0.4, 0.5) is 0 Å². The van der Waals surface area contributed by atoms with Crippen LogP contribution in [0.1, 0.15) is 81.1 Å². The SMILES string of the molecule is CCC(CN1CC[C@@H](CNC(=O)c2ccc3cc(Cl)ccc3c2)N[C@@H](CC(C)(C)N2CCCCC2)C1=O)c1ccccc1. The van der Waals surface area contributed by atoms with E-state index < -0.39 is 0 Å². The minimum Gasteiger partial charge on any atom is -0.350 e. The van der Waals surface area contributed by atoms with Gasteiger partial charge in [0.1, 0.15) is 0 Å². The number of halogens is 1. The Labute approximate surface area is 262 Å². The van der Waals surface area contributed by atoms with Crippen molar-refractivity contribution in [2.24, 2.45) is 0 Å². The van der Waals surface area contributed by atoms with Gasteiger partial charge in [-0.3, -0.25) is 14.5 Å². The zero-order chi connectivity index (χ0) is 30.4. The topological polar surface area (TPSA) is 64.7 Å². The molecule has 2 N–H and O–H groups in total. The van der Waals surface area contributed by atoms with E-state index >= 15 is 0 Å². The molecule has 0 spiro atoms. The number of piperidine rings is 1. The van der Waals surface area contributed by atoms with Crippen LogP contribution in [0.2, 0.25) is 5.02 Å². The molecule has 3 aromatic carbocycles. The Morgan fingerprint density at radius 1 is 1.00 bits per heavy atom. The second-order valence-electron chi connectivity index (χ2n) is 13.0. The maximum absolute atomic E-state index is 14.2. The summed E-state index contributed by atoms with van der Waals surface area (Å²) < 4.78 is 0. The molecule has 6 nitrogen and oxygen atoms in total. The van der Waals surface area contributed by atoms with Crippen LogP contribution in [0.15, 0.2) is 66.7 Å². The number of nitrogens with one attached hydrogen (secondary N) is 2. The third-order valence-electron chi connectivity index (χ3n) is 9.49. The van der Waals surface area contributed by atoms with Gasteiger partial charge in [0, 0.05) is 47.7 Å². The molecule has 2 fully saturated rings. The molecule has 0 aromatic heterocycles. The molecule has 7 heteroatoms. The highest BCUT2D eigenvalue weighted by atomic mass is 35.5. The minimum absolute atomic E-state index is 0.00359. The van der Waals surface area contributed by atoms with Crippen molar-refractivity contribution in [2.75, 3.05) is 32.7 Å². The van der Waals surface area contributed by atoms with E-state index in [2.05, 4.69) is 65.5 Å². The number of rotatable bonds is 10. The van der Waals surface area contributed by atoms with Crippen LogP contribution >= 0.6 is 11.6 Å². The lowest BCUT2D eigenvalue weighted by atomic mass is 9.90. The molecule has 2 saturated heterocycles. The third kappa shape index (κ3) is 7.97. The summed E-state index contributed by atoms with van der Waals surface area (Å²) in [4.78, 5) is 32.1. The Morgan fingerprint density at radius 3 is 2.47 bits per heavy atom. The molecule has 2 aliphatic rings. The van der Waals surface area contributed by atoms with Crippen molar-refractivity contribution in [3.05, 3.63) is 82.9 Å². The highest BCUT2D eigenvalue weighted by Crippen LogP contribution is 2.28. The fraction of sp³-hybridized carbons (Fsp3) is 0.500. The first-order valence-corrected chi connectivity index (χ1v) is 16.4. The fourth-order valence-electron chi connectivity index (χ4n) is 6.83. The van der Waals surface area contributed by atoms with E-state index in [-0.39, 0.29) is 29.4 Å². The quantitative estimate of drug-likeness (QED) is 0.273. The largest absolute Gasteiger partial charge is 0.350 e. The van der Waals surface area contributed by atoms with Crippen LogP contribution in [0.3, 0.4) is 0 Å². The van der Waals surface area contributed by atoms with Crippen molar-refractivity contribution < 1.29 is 9.59 Å². The van der Waals surface area contributed by atoms with E-state index in [1.54, 1.807) is 0 Å². The molecule has 2 aliphatic heterocycles. The molecule has 2 heterocycles. The summed E-state index contributed by atoms with van der Waals surface area (Å²) in [5, 5.41) is 9.55. The molecule has 3 atom stereocenters. The van der Waals surface area contributed by atoms with Gasteiger partial charge in [-0.15, -0.1) is 0 Å². The molecule has 230 valence electrons. The number of benzene rings is 3. The lowest BCUT2D eigenvalue weighted by molar-refractivity contribution is -0.134. The molecule has 5 rings (SSSR count). The number of amides is 2. The average Bonchev–Trinajstić information content (AvgIpc) is 3.16. The molecule has 1 unspecified atom stereocenters. The number of carbonyl (C=O) groups is 2. The van der Waals surface area contributed by atoms with Crippen LogP contribution in [0.5, 0.6) is 0 Å². The molecule has 0 aliphatic carbocycles. The molecule has 0 saturated carbocycles. The van der Waals surface area contributed by atoms with Gasteiger partial charge in [0.25, 0.3) is 5.91 Å². The maximum atomic E-state index is 14.2. The number of fused-ring (bicyclic) bond motifs is 1. The smallest absolute Gasteiger partial charge is 0.251 e. The lowest BCUT2D eigenvalue weighted by Crippen LogP contribution is -2.56.